The normalized spacial score (nSPS) is 15.2. The minimum atomic E-state index is -0.739. The van der Waals surface area contributed by atoms with Gasteiger partial charge in [-0.25, -0.2) is 8.78 Å². The molecule has 0 atom stereocenters. The van der Waals surface area contributed by atoms with Gasteiger partial charge >= 0.3 is 0 Å². The zero-order valence-corrected chi connectivity index (χ0v) is 17.7. The van der Waals surface area contributed by atoms with E-state index in [0.29, 0.717) is 0 Å². The molecule has 1 amide bonds. The second kappa shape index (κ2) is 8.98. The Morgan fingerprint density at radius 2 is 1.94 bits per heavy atom. The fourth-order valence-corrected chi connectivity index (χ4v) is 4.10. The molecule has 0 bridgehead atoms. The predicted molar refractivity (Wildman–Crippen MR) is 116 cm³/mol. The first kappa shape index (κ1) is 21.2. The van der Waals surface area contributed by atoms with Crippen LogP contribution in [0.4, 0.5) is 8.78 Å². The lowest BCUT2D eigenvalue weighted by atomic mass is 10.0. The second-order valence-electron chi connectivity index (χ2n) is 8.20. The summed E-state index contributed by atoms with van der Waals surface area (Å²) >= 11 is 0. The van der Waals surface area contributed by atoms with Crippen LogP contribution in [-0.4, -0.2) is 39.7 Å². The van der Waals surface area contributed by atoms with Crippen LogP contribution >= 0.6 is 0 Å². The molecule has 0 aliphatic carbocycles. The average molecular weight is 424 g/mol. The number of rotatable bonds is 5. The van der Waals surface area contributed by atoms with Crippen molar-refractivity contribution in [3.8, 4) is 11.3 Å². The van der Waals surface area contributed by atoms with Gasteiger partial charge in [0.15, 0.2) is 0 Å². The van der Waals surface area contributed by atoms with Crippen LogP contribution in [0.3, 0.4) is 0 Å². The van der Waals surface area contributed by atoms with Gasteiger partial charge in [-0.3, -0.25) is 14.4 Å². The second-order valence-corrected chi connectivity index (χ2v) is 8.20. The van der Waals surface area contributed by atoms with E-state index in [1.165, 1.54) is 27.9 Å². The lowest BCUT2D eigenvalue weighted by molar-refractivity contribution is 0.0909. The summed E-state index contributed by atoms with van der Waals surface area (Å²) in [5, 5.41) is 7.30. The number of hydrogen-bond acceptors (Lipinski definition) is 3. The fraction of sp³-hybridized carbons (Fsp3) is 0.333. The van der Waals surface area contributed by atoms with Gasteiger partial charge in [0.1, 0.15) is 17.3 Å². The lowest BCUT2D eigenvalue weighted by Gasteiger charge is -2.32. The third-order valence-electron chi connectivity index (χ3n) is 5.67. The molecular formula is C24H26F2N4O. The molecule has 0 saturated carbocycles. The summed E-state index contributed by atoms with van der Waals surface area (Å²) in [5.41, 5.74) is 3.16. The van der Waals surface area contributed by atoms with Gasteiger partial charge in [0, 0.05) is 50.6 Å². The van der Waals surface area contributed by atoms with Gasteiger partial charge in [-0.1, -0.05) is 29.8 Å². The van der Waals surface area contributed by atoms with Crippen molar-refractivity contribution < 1.29 is 13.6 Å². The van der Waals surface area contributed by atoms with E-state index < -0.39 is 11.6 Å². The number of carbonyl (C=O) groups is 1. The Morgan fingerprint density at radius 3 is 2.65 bits per heavy atom. The third kappa shape index (κ3) is 4.99. The Balaban J connectivity index is 1.40. The van der Waals surface area contributed by atoms with Crippen LogP contribution in [0.15, 0.2) is 48.7 Å². The summed E-state index contributed by atoms with van der Waals surface area (Å²) in [5.74, 6) is -1.69. The maximum atomic E-state index is 14.3. The zero-order valence-electron chi connectivity index (χ0n) is 17.7. The highest BCUT2D eigenvalue weighted by Gasteiger charge is 2.25. The SMILES string of the molecule is Cc1cccc(CN2CCC(NC(=O)c3cn(C)nc3-c3ccc(F)cc3F)CC2)c1. The first-order valence-corrected chi connectivity index (χ1v) is 10.5. The molecule has 1 aliphatic rings. The third-order valence-corrected chi connectivity index (χ3v) is 5.67. The average Bonchev–Trinajstić information content (AvgIpc) is 3.11. The smallest absolute Gasteiger partial charge is 0.255 e. The van der Waals surface area contributed by atoms with Crippen molar-refractivity contribution in [2.45, 2.75) is 32.4 Å². The van der Waals surface area contributed by atoms with Gasteiger partial charge in [0.25, 0.3) is 5.91 Å². The molecule has 1 aromatic heterocycles. The van der Waals surface area contributed by atoms with Crippen molar-refractivity contribution in [2.75, 3.05) is 13.1 Å². The highest BCUT2D eigenvalue weighted by atomic mass is 19.1. The van der Waals surface area contributed by atoms with Crippen molar-refractivity contribution in [1.82, 2.24) is 20.0 Å². The van der Waals surface area contributed by atoms with E-state index in [2.05, 4.69) is 46.5 Å². The van der Waals surface area contributed by atoms with E-state index in [1.54, 1.807) is 13.2 Å². The molecule has 7 heteroatoms. The van der Waals surface area contributed by atoms with Gasteiger partial charge in [-0.2, -0.15) is 5.10 Å². The van der Waals surface area contributed by atoms with Crippen LogP contribution < -0.4 is 5.32 Å². The summed E-state index contributed by atoms with van der Waals surface area (Å²) in [4.78, 5) is 15.3. The molecule has 31 heavy (non-hydrogen) atoms. The van der Waals surface area contributed by atoms with Crippen molar-refractivity contribution in [2.24, 2.45) is 7.05 Å². The standard InChI is InChI=1S/C24H26F2N4O/c1-16-4-3-5-17(12-16)14-30-10-8-19(9-11-30)27-24(31)21-15-29(2)28-23(21)20-7-6-18(25)13-22(20)26/h3-7,12-13,15,19H,8-11,14H2,1-2H3,(H,27,31). The van der Waals surface area contributed by atoms with Crippen LogP contribution in [0.25, 0.3) is 11.3 Å². The topological polar surface area (TPSA) is 50.2 Å². The van der Waals surface area contributed by atoms with Crippen molar-refractivity contribution in [1.29, 1.82) is 0 Å². The van der Waals surface area contributed by atoms with Crippen molar-refractivity contribution in [3.05, 3.63) is 77.0 Å². The van der Waals surface area contributed by atoms with E-state index in [1.807, 2.05) is 0 Å². The fourth-order valence-electron chi connectivity index (χ4n) is 4.10. The molecule has 0 unspecified atom stereocenters. The minimum Gasteiger partial charge on any atom is -0.349 e. The molecule has 1 aliphatic heterocycles. The summed E-state index contributed by atoms with van der Waals surface area (Å²) in [6.45, 7) is 4.78. The molecule has 1 N–H and O–H groups in total. The lowest BCUT2D eigenvalue weighted by Crippen LogP contribution is -2.44. The zero-order chi connectivity index (χ0) is 22.0. The summed E-state index contributed by atoms with van der Waals surface area (Å²) < 4.78 is 29.0. The Morgan fingerprint density at radius 1 is 1.16 bits per heavy atom. The number of aryl methyl sites for hydroxylation is 2. The van der Waals surface area contributed by atoms with Gasteiger partial charge < -0.3 is 5.32 Å². The maximum absolute atomic E-state index is 14.3. The molecule has 3 aromatic rings. The van der Waals surface area contributed by atoms with Gasteiger partial charge in [-0.15, -0.1) is 0 Å². The van der Waals surface area contributed by atoms with E-state index in [4.69, 9.17) is 0 Å². The van der Waals surface area contributed by atoms with E-state index in [-0.39, 0.29) is 28.8 Å². The highest BCUT2D eigenvalue weighted by molar-refractivity contribution is 6.00. The van der Waals surface area contributed by atoms with Crippen LogP contribution in [0, 0.1) is 18.6 Å². The molecule has 162 valence electrons. The van der Waals surface area contributed by atoms with E-state index in [0.717, 1.165) is 38.5 Å². The molecular weight excluding hydrogens is 398 g/mol. The van der Waals surface area contributed by atoms with Crippen LogP contribution in [-0.2, 0) is 13.6 Å². The predicted octanol–water partition coefficient (Wildman–Crippen LogP) is 4.07. The molecule has 1 fully saturated rings. The molecule has 2 aromatic carbocycles. The number of nitrogens with one attached hydrogen (secondary N) is 1. The van der Waals surface area contributed by atoms with Crippen molar-refractivity contribution >= 4 is 5.91 Å². The minimum absolute atomic E-state index is 0.0485. The monoisotopic (exact) mass is 424 g/mol. The van der Waals surface area contributed by atoms with Gasteiger partial charge in [0.2, 0.25) is 0 Å². The largest absolute Gasteiger partial charge is 0.349 e. The number of halogens is 2. The number of nitrogens with zero attached hydrogens (tertiary/aromatic N) is 3. The first-order chi connectivity index (χ1) is 14.9. The van der Waals surface area contributed by atoms with Gasteiger partial charge in [0.05, 0.1) is 5.56 Å². The molecule has 0 radical (unpaired) electrons. The molecule has 1 saturated heterocycles. The van der Waals surface area contributed by atoms with Crippen LogP contribution in [0.5, 0.6) is 0 Å². The number of piperidine rings is 1. The maximum Gasteiger partial charge on any atom is 0.255 e. The number of aromatic nitrogens is 2. The van der Waals surface area contributed by atoms with Crippen LogP contribution in [0.1, 0.15) is 34.3 Å². The Labute approximate surface area is 180 Å². The summed E-state index contributed by atoms with van der Waals surface area (Å²) in [7, 11) is 1.67. The van der Waals surface area contributed by atoms with Crippen LogP contribution in [0.2, 0.25) is 0 Å². The quantitative estimate of drug-likeness (QED) is 0.672. The van der Waals surface area contributed by atoms with E-state index in [9.17, 15) is 13.6 Å². The van der Waals surface area contributed by atoms with E-state index >= 15 is 0 Å². The highest BCUT2D eigenvalue weighted by Crippen LogP contribution is 2.26. The molecule has 5 nitrogen and oxygen atoms in total. The number of amides is 1. The summed E-state index contributed by atoms with van der Waals surface area (Å²) in [6.07, 6.45) is 3.26. The molecule has 0 spiro atoms. The number of likely N-dealkylation sites (tertiary alicyclic amines) is 1. The molecule has 4 rings (SSSR count). The Hall–Kier alpha value is -3.06. The Kier molecular flexibility index (Phi) is 6.13. The summed E-state index contributed by atoms with van der Waals surface area (Å²) in [6, 6.07) is 11.8. The number of benzene rings is 2. The van der Waals surface area contributed by atoms with Gasteiger partial charge in [-0.05, 0) is 37.5 Å². The number of carbonyl (C=O) groups excluding carboxylic acids is 1. The van der Waals surface area contributed by atoms with Crippen molar-refractivity contribution in [3.63, 3.8) is 0 Å². The first-order valence-electron chi connectivity index (χ1n) is 10.5. The molecule has 2 heterocycles. The number of hydrogen-bond donors (Lipinski definition) is 1. The Bertz CT molecular complexity index is 1090.